The molecule has 4 rings (SSSR count). The van der Waals surface area contributed by atoms with Crippen LogP contribution in [0.3, 0.4) is 0 Å². The molecule has 2 fully saturated rings. The van der Waals surface area contributed by atoms with Gasteiger partial charge in [0.1, 0.15) is 0 Å². The van der Waals surface area contributed by atoms with Crippen LogP contribution in [0.4, 0.5) is 5.69 Å². The zero-order valence-electron chi connectivity index (χ0n) is 13.1. The van der Waals surface area contributed by atoms with Crippen LogP contribution in [0.25, 0.3) is 11.3 Å². The van der Waals surface area contributed by atoms with Gasteiger partial charge in [0.15, 0.2) is 0 Å². The Bertz CT molecular complexity index is 740. The molecule has 2 aliphatic rings. The topological polar surface area (TPSA) is 107 Å². The minimum Gasteiger partial charge on any atom is -0.396 e. The number of nitrogens with zero attached hydrogens (tertiary/aromatic N) is 3. The minimum atomic E-state index is 0.446. The van der Waals surface area contributed by atoms with E-state index in [1.807, 2.05) is 0 Å². The van der Waals surface area contributed by atoms with Crippen molar-refractivity contribution in [1.82, 2.24) is 14.8 Å². The second-order valence-corrected chi connectivity index (χ2v) is 6.72. The number of nitrogens with one attached hydrogen (secondary N) is 1. The third-order valence-electron chi connectivity index (χ3n) is 5.08. The zero-order valence-corrected chi connectivity index (χ0v) is 13.1. The summed E-state index contributed by atoms with van der Waals surface area (Å²) >= 11 is 0. The highest BCUT2D eigenvalue weighted by molar-refractivity contribution is 5.91. The van der Waals surface area contributed by atoms with E-state index in [-0.39, 0.29) is 0 Å². The number of nitrogen functional groups attached to an aromatic ring is 1. The molecule has 2 aliphatic carbocycles. The number of hydrogen-bond acceptors (Lipinski definition) is 5. The van der Waals surface area contributed by atoms with Crippen molar-refractivity contribution in [1.29, 1.82) is 5.41 Å². The van der Waals surface area contributed by atoms with E-state index in [2.05, 4.69) is 15.9 Å². The van der Waals surface area contributed by atoms with Crippen molar-refractivity contribution in [2.45, 2.75) is 37.6 Å². The highest BCUT2D eigenvalue weighted by Gasteiger charge is 2.35. The van der Waals surface area contributed by atoms with Gasteiger partial charge >= 0.3 is 0 Å². The first-order valence-corrected chi connectivity index (χ1v) is 8.25. The summed E-state index contributed by atoms with van der Waals surface area (Å²) in [5, 5.41) is 12.3. The molecule has 5 N–H and O–H groups in total. The van der Waals surface area contributed by atoms with E-state index in [0.29, 0.717) is 29.1 Å². The van der Waals surface area contributed by atoms with Crippen LogP contribution in [0.1, 0.15) is 48.9 Å². The van der Waals surface area contributed by atoms with Gasteiger partial charge < -0.3 is 16.9 Å². The fraction of sp³-hybridized carbons (Fsp3) is 0.471. The van der Waals surface area contributed by atoms with Crippen LogP contribution >= 0.6 is 0 Å². The fourth-order valence-electron chi connectivity index (χ4n) is 3.37. The number of hydrogen-bond donors (Lipinski definition) is 3. The van der Waals surface area contributed by atoms with Crippen LogP contribution in [0.15, 0.2) is 18.5 Å². The number of anilines is 1. The van der Waals surface area contributed by atoms with Crippen LogP contribution in [0.5, 0.6) is 0 Å². The van der Waals surface area contributed by atoms with Crippen molar-refractivity contribution in [3.8, 4) is 11.3 Å². The lowest BCUT2D eigenvalue weighted by Gasteiger charge is -2.34. The Morgan fingerprint density at radius 1 is 1.35 bits per heavy atom. The Morgan fingerprint density at radius 2 is 2.13 bits per heavy atom. The summed E-state index contributed by atoms with van der Waals surface area (Å²) in [4.78, 5) is 4.47. The highest BCUT2D eigenvalue weighted by atomic mass is 15.3. The Hall–Kier alpha value is -2.21. The van der Waals surface area contributed by atoms with E-state index in [4.69, 9.17) is 22.0 Å². The smallest absolute Gasteiger partial charge is 0.0972 e. The number of rotatable bonds is 5. The van der Waals surface area contributed by atoms with E-state index >= 15 is 0 Å². The molecule has 0 radical (unpaired) electrons. The van der Waals surface area contributed by atoms with E-state index in [1.54, 1.807) is 12.3 Å². The van der Waals surface area contributed by atoms with Gasteiger partial charge in [-0.05, 0) is 44.2 Å². The lowest BCUT2D eigenvalue weighted by atomic mass is 9.80. The molecule has 0 amide bonds. The molecule has 6 heteroatoms. The maximum absolute atomic E-state index is 7.48. The molecule has 0 saturated heterocycles. The molecular formula is C17H22N6. The molecule has 120 valence electrons. The molecule has 2 saturated carbocycles. The number of aromatic nitrogens is 3. The van der Waals surface area contributed by atoms with Gasteiger partial charge in [0.05, 0.1) is 23.1 Å². The van der Waals surface area contributed by atoms with Crippen LogP contribution in [-0.2, 0) is 0 Å². The molecule has 23 heavy (non-hydrogen) atoms. The maximum atomic E-state index is 7.48. The predicted octanol–water partition coefficient (Wildman–Crippen LogP) is 2.31. The quantitative estimate of drug-likeness (QED) is 0.737. The van der Waals surface area contributed by atoms with Gasteiger partial charge in [-0.3, -0.25) is 9.67 Å². The summed E-state index contributed by atoms with van der Waals surface area (Å²) in [5.41, 5.74) is 16.1. The van der Waals surface area contributed by atoms with Crippen molar-refractivity contribution < 1.29 is 0 Å². The summed E-state index contributed by atoms with van der Waals surface area (Å²) in [7, 11) is 0. The van der Waals surface area contributed by atoms with Gasteiger partial charge in [0.25, 0.3) is 0 Å². The lowest BCUT2D eigenvalue weighted by molar-refractivity contribution is 0.189. The zero-order chi connectivity index (χ0) is 16.0. The highest BCUT2D eigenvalue weighted by Crippen LogP contribution is 2.46. The van der Waals surface area contributed by atoms with Gasteiger partial charge in [0, 0.05) is 35.7 Å². The molecule has 0 atom stereocenters. The van der Waals surface area contributed by atoms with Crippen molar-refractivity contribution in [3.05, 3.63) is 29.7 Å². The summed E-state index contributed by atoms with van der Waals surface area (Å²) in [6, 6.07) is 2.21. The number of nitrogens with two attached hydrogens (primary N) is 2. The molecule has 0 spiro atoms. The van der Waals surface area contributed by atoms with Gasteiger partial charge in [-0.1, -0.05) is 0 Å². The average molecular weight is 310 g/mol. The van der Waals surface area contributed by atoms with Gasteiger partial charge in [0.2, 0.25) is 0 Å². The Morgan fingerprint density at radius 3 is 2.78 bits per heavy atom. The molecule has 0 bridgehead atoms. The van der Waals surface area contributed by atoms with Gasteiger partial charge in [-0.25, -0.2) is 0 Å². The van der Waals surface area contributed by atoms with E-state index in [9.17, 15) is 0 Å². The Kier molecular flexibility index (Phi) is 3.41. The first kappa shape index (κ1) is 14.4. The molecule has 2 aromatic rings. The third kappa shape index (κ3) is 2.43. The second-order valence-electron chi connectivity index (χ2n) is 6.72. The third-order valence-corrected chi connectivity index (χ3v) is 5.08. The van der Waals surface area contributed by atoms with Crippen LogP contribution in [-0.4, -0.2) is 27.5 Å². The lowest BCUT2D eigenvalue weighted by Crippen LogP contribution is -2.32. The second kappa shape index (κ2) is 5.45. The summed E-state index contributed by atoms with van der Waals surface area (Å²) in [6.45, 7) is 0.760. The fourth-order valence-corrected chi connectivity index (χ4v) is 3.37. The first-order chi connectivity index (χ1) is 11.2. The minimum absolute atomic E-state index is 0.446. The summed E-state index contributed by atoms with van der Waals surface area (Å²) in [6.07, 6.45) is 9.66. The summed E-state index contributed by atoms with van der Waals surface area (Å²) < 4.78 is 2.09. The van der Waals surface area contributed by atoms with Crippen LogP contribution in [0, 0.1) is 11.3 Å². The molecular weight excluding hydrogens is 288 g/mol. The van der Waals surface area contributed by atoms with E-state index in [1.165, 1.54) is 19.1 Å². The van der Waals surface area contributed by atoms with Crippen LogP contribution in [0.2, 0.25) is 0 Å². The standard InChI is InChI=1S/C17H22N6/c18-7-10-5-13(6-10)23-9-14(16(22-23)11-1-2-11)17-15(20)12(8-19)3-4-21-17/h3-4,8-11,13,19H,1-2,5-7,18,20H2. The normalized spacial score (nSPS) is 23.5. The molecule has 2 heterocycles. The average Bonchev–Trinajstić information content (AvgIpc) is 3.27. The first-order valence-electron chi connectivity index (χ1n) is 8.25. The SMILES string of the molecule is N=Cc1ccnc(-c2cn(C3CC(CN)C3)nc2C2CC2)c1N. The largest absolute Gasteiger partial charge is 0.396 e. The Labute approximate surface area is 135 Å². The molecule has 6 nitrogen and oxygen atoms in total. The maximum Gasteiger partial charge on any atom is 0.0972 e. The van der Waals surface area contributed by atoms with Crippen LogP contribution < -0.4 is 11.5 Å². The molecule has 0 unspecified atom stereocenters. The van der Waals surface area contributed by atoms with E-state index in [0.717, 1.165) is 36.3 Å². The molecule has 0 aromatic carbocycles. The van der Waals surface area contributed by atoms with Crippen molar-refractivity contribution in [3.63, 3.8) is 0 Å². The van der Waals surface area contributed by atoms with Gasteiger partial charge in [-0.15, -0.1) is 0 Å². The number of pyridine rings is 1. The van der Waals surface area contributed by atoms with Gasteiger partial charge in [-0.2, -0.15) is 5.10 Å². The van der Waals surface area contributed by atoms with Crippen molar-refractivity contribution >= 4 is 11.9 Å². The molecule has 0 aliphatic heterocycles. The monoisotopic (exact) mass is 310 g/mol. The Balaban J connectivity index is 1.73. The predicted molar refractivity (Wildman–Crippen MR) is 90.5 cm³/mol. The van der Waals surface area contributed by atoms with E-state index < -0.39 is 0 Å². The van der Waals surface area contributed by atoms with Crippen molar-refractivity contribution in [2.75, 3.05) is 12.3 Å². The van der Waals surface area contributed by atoms with Crippen molar-refractivity contribution in [2.24, 2.45) is 11.7 Å². The molecule has 2 aromatic heterocycles. The summed E-state index contributed by atoms with van der Waals surface area (Å²) in [5.74, 6) is 1.16.